The summed E-state index contributed by atoms with van der Waals surface area (Å²) >= 11 is 11.8. The van der Waals surface area contributed by atoms with E-state index in [0.717, 1.165) is 17.0 Å². The fourth-order valence-corrected chi connectivity index (χ4v) is 2.93. The average molecular weight is 381 g/mol. The van der Waals surface area contributed by atoms with Crippen molar-refractivity contribution in [2.45, 2.75) is 12.8 Å². The van der Waals surface area contributed by atoms with Crippen molar-refractivity contribution < 1.29 is 13.9 Å². The summed E-state index contributed by atoms with van der Waals surface area (Å²) in [5, 5.41) is 3.71. The number of aliphatic imine (C=N–C) groups is 1. The van der Waals surface area contributed by atoms with Crippen LogP contribution in [0.15, 0.2) is 41.4 Å². The quantitative estimate of drug-likeness (QED) is 0.809. The normalized spacial score (nSPS) is 12.5. The number of fused-ring (bicyclic) bond motifs is 1. The van der Waals surface area contributed by atoms with Crippen LogP contribution in [-0.4, -0.2) is 24.8 Å². The number of carbonyl (C=O) groups is 1. The molecule has 4 nitrogen and oxygen atoms in total. The van der Waals surface area contributed by atoms with Crippen molar-refractivity contribution >= 4 is 40.5 Å². The number of hydrogen-bond donors (Lipinski definition) is 1. The van der Waals surface area contributed by atoms with Crippen LogP contribution >= 0.6 is 23.2 Å². The van der Waals surface area contributed by atoms with E-state index in [1.807, 2.05) is 0 Å². The number of nitrogens with zero attached hydrogens (tertiary/aromatic N) is 1. The summed E-state index contributed by atoms with van der Waals surface area (Å²) in [6, 6.07) is 9.40. The standard InChI is InChI=1S/C18H15Cl2FN2O2/c19-12-1-4-17(15(20)9-12)25-6-5-18(24)22-10-14-8-11-7-13(21)2-3-16(11)23-14/h1-4,7,9H,5-6,8,10H2,(H,22,24). The van der Waals surface area contributed by atoms with Crippen LogP contribution in [0.1, 0.15) is 12.0 Å². The molecule has 0 unspecified atom stereocenters. The Labute approximate surface area is 154 Å². The van der Waals surface area contributed by atoms with E-state index < -0.39 is 0 Å². The second kappa shape index (κ2) is 7.85. The van der Waals surface area contributed by atoms with Gasteiger partial charge in [0, 0.05) is 17.2 Å². The third kappa shape index (κ3) is 4.71. The van der Waals surface area contributed by atoms with Crippen molar-refractivity contribution in [1.82, 2.24) is 5.32 Å². The minimum atomic E-state index is -0.280. The van der Waals surface area contributed by atoms with E-state index in [4.69, 9.17) is 27.9 Å². The second-order valence-electron chi connectivity index (χ2n) is 5.58. The van der Waals surface area contributed by atoms with E-state index in [1.54, 1.807) is 24.3 Å². The number of benzene rings is 2. The van der Waals surface area contributed by atoms with Gasteiger partial charge in [-0.15, -0.1) is 0 Å². The summed E-state index contributed by atoms with van der Waals surface area (Å²) in [6.45, 7) is 0.530. The Morgan fingerprint density at radius 1 is 1.24 bits per heavy atom. The molecule has 0 bridgehead atoms. The van der Waals surface area contributed by atoms with Crippen LogP contribution in [0.4, 0.5) is 10.1 Å². The van der Waals surface area contributed by atoms with E-state index in [0.29, 0.717) is 28.8 Å². The summed E-state index contributed by atoms with van der Waals surface area (Å²) in [7, 11) is 0. The summed E-state index contributed by atoms with van der Waals surface area (Å²) < 4.78 is 18.7. The Hall–Kier alpha value is -2.11. The second-order valence-corrected chi connectivity index (χ2v) is 6.42. The first-order chi connectivity index (χ1) is 12.0. The van der Waals surface area contributed by atoms with Crippen LogP contribution < -0.4 is 10.1 Å². The highest BCUT2D eigenvalue weighted by Gasteiger charge is 2.15. The van der Waals surface area contributed by atoms with Gasteiger partial charge in [0.05, 0.1) is 30.3 Å². The number of rotatable bonds is 6. The Bertz CT molecular complexity index is 840. The summed E-state index contributed by atoms with van der Waals surface area (Å²) in [5.41, 5.74) is 2.40. The molecule has 2 aromatic carbocycles. The Kier molecular flexibility index (Phi) is 5.56. The maximum Gasteiger partial charge on any atom is 0.223 e. The van der Waals surface area contributed by atoms with Gasteiger partial charge in [-0.05, 0) is 42.0 Å². The van der Waals surface area contributed by atoms with Gasteiger partial charge in [0.15, 0.2) is 0 Å². The molecule has 0 atom stereocenters. The highest BCUT2D eigenvalue weighted by atomic mass is 35.5. The van der Waals surface area contributed by atoms with E-state index in [9.17, 15) is 9.18 Å². The van der Waals surface area contributed by atoms with Crippen molar-refractivity contribution in [3.63, 3.8) is 0 Å². The van der Waals surface area contributed by atoms with E-state index in [1.165, 1.54) is 12.1 Å². The zero-order chi connectivity index (χ0) is 17.8. The van der Waals surface area contributed by atoms with Gasteiger partial charge in [-0.2, -0.15) is 0 Å². The maximum absolute atomic E-state index is 13.2. The van der Waals surface area contributed by atoms with Gasteiger partial charge in [0.2, 0.25) is 5.91 Å². The topological polar surface area (TPSA) is 50.7 Å². The first-order valence-corrected chi connectivity index (χ1v) is 8.46. The molecule has 1 N–H and O–H groups in total. The summed E-state index contributed by atoms with van der Waals surface area (Å²) in [5.74, 6) is 0.0451. The largest absolute Gasteiger partial charge is 0.491 e. The summed E-state index contributed by atoms with van der Waals surface area (Å²) in [6.07, 6.45) is 0.734. The number of amides is 1. The Morgan fingerprint density at radius 3 is 2.88 bits per heavy atom. The molecule has 0 saturated heterocycles. The van der Waals surface area contributed by atoms with Crippen LogP contribution in [0.5, 0.6) is 5.75 Å². The lowest BCUT2D eigenvalue weighted by Gasteiger charge is -2.09. The van der Waals surface area contributed by atoms with Gasteiger partial charge in [-0.25, -0.2) is 4.39 Å². The smallest absolute Gasteiger partial charge is 0.223 e. The molecule has 0 radical (unpaired) electrons. The monoisotopic (exact) mass is 380 g/mol. The van der Waals surface area contributed by atoms with Crippen LogP contribution in [0, 0.1) is 5.82 Å². The summed E-state index contributed by atoms with van der Waals surface area (Å²) in [4.78, 5) is 16.3. The van der Waals surface area contributed by atoms with Crippen LogP contribution in [0.3, 0.4) is 0 Å². The van der Waals surface area contributed by atoms with Crippen LogP contribution in [0.2, 0.25) is 10.0 Å². The van der Waals surface area contributed by atoms with Crippen LogP contribution in [-0.2, 0) is 11.2 Å². The fourth-order valence-electron chi connectivity index (χ4n) is 2.47. The van der Waals surface area contributed by atoms with E-state index in [-0.39, 0.29) is 24.8 Å². The molecule has 0 spiro atoms. The number of hydrogen-bond acceptors (Lipinski definition) is 3. The molecular weight excluding hydrogens is 366 g/mol. The molecule has 25 heavy (non-hydrogen) atoms. The molecule has 0 saturated carbocycles. The van der Waals surface area contributed by atoms with Gasteiger partial charge in [-0.3, -0.25) is 9.79 Å². The first kappa shape index (κ1) is 17.7. The van der Waals surface area contributed by atoms with Gasteiger partial charge >= 0.3 is 0 Å². The molecule has 0 aliphatic carbocycles. The van der Waals surface area contributed by atoms with Gasteiger partial charge in [0.25, 0.3) is 0 Å². The molecule has 1 amide bonds. The third-order valence-corrected chi connectivity index (χ3v) is 4.22. The number of ether oxygens (including phenoxy) is 1. The van der Waals surface area contributed by atoms with Crippen molar-refractivity contribution in [3.05, 3.63) is 57.8 Å². The van der Waals surface area contributed by atoms with Gasteiger partial charge < -0.3 is 10.1 Å². The van der Waals surface area contributed by atoms with Crippen LogP contribution in [0.25, 0.3) is 0 Å². The predicted octanol–water partition coefficient (Wildman–Crippen LogP) is 4.35. The van der Waals surface area contributed by atoms with E-state index in [2.05, 4.69) is 10.3 Å². The average Bonchev–Trinajstić information content (AvgIpc) is 2.97. The molecule has 2 aromatic rings. The molecule has 1 heterocycles. The molecule has 130 valence electrons. The van der Waals surface area contributed by atoms with E-state index >= 15 is 0 Å². The zero-order valence-electron chi connectivity index (χ0n) is 13.2. The molecule has 0 fully saturated rings. The van der Waals surface area contributed by atoms with Crippen molar-refractivity contribution in [2.75, 3.05) is 13.2 Å². The van der Waals surface area contributed by atoms with Crippen molar-refractivity contribution in [1.29, 1.82) is 0 Å². The number of halogens is 3. The lowest BCUT2D eigenvalue weighted by Crippen LogP contribution is -2.30. The third-order valence-electron chi connectivity index (χ3n) is 3.68. The zero-order valence-corrected chi connectivity index (χ0v) is 14.7. The Morgan fingerprint density at radius 2 is 2.08 bits per heavy atom. The fraction of sp³-hybridized carbons (Fsp3) is 0.222. The molecular formula is C18H15Cl2FN2O2. The van der Waals surface area contributed by atoms with Gasteiger partial charge in [-0.1, -0.05) is 23.2 Å². The van der Waals surface area contributed by atoms with Crippen molar-refractivity contribution in [3.8, 4) is 5.75 Å². The lowest BCUT2D eigenvalue weighted by molar-refractivity contribution is -0.121. The predicted molar refractivity (Wildman–Crippen MR) is 96.8 cm³/mol. The number of carbonyl (C=O) groups excluding carboxylic acids is 1. The minimum absolute atomic E-state index is 0.157. The lowest BCUT2D eigenvalue weighted by atomic mass is 10.1. The molecule has 1 aliphatic rings. The molecule has 3 rings (SSSR count). The Balaban J connectivity index is 1.42. The number of nitrogens with one attached hydrogen (secondary N) is 1. The SMILES string of the molecule is O=C(CCOc1ccc(Cl)cc1Cl)NCC1=Nc2ccc(F)cc2C1. The first-order valence-electron chi connectivity index (χ1n) is 7.70. The highest BCUT2D eigenvalue weighted by molar-refractivity contribution is 6.35. The maximum atomic E-state index is 13.2. The minimum Gasteiger partial charge on any atom is -0.491 e. The molecule has 1 aliphatic heterocycles. The van der Waals surface area contributed by atoms with Gasteiger partial charge in [0.1, 0.15) is 11.6 Å². The highest BCUT2D eigenvalue weighted by Crippen LogP contribution is 2.28. The molecule has 7 heteroatoms. The molecule has 0 aromatic heterocycles. The van der Waals surface area contributed by atoms with Crippen molar-refractivity contribution in [2.24, 2.45) is 4.99 Å².